The van der Waals surface area contributed by atoms with E-state index in [9.17, 15) is 9.18 Å². The number of carbonyl (C=O) groups excluding carboxylic acids is 1. The van der Waals surface area contributed by atoms with E-state index in [-0.39, 0.29) is 11.7 Å². The molecule has 28 heavy (non-hydrogen) atoms. The number of fused-ring (bicyclic) bond motifs is 1. The lowest BCUT2D eigenvalue weighted by molar-refractivity contribution is 0.0775. The van der Waals surface area contributed by atoms with Crippen molar-refractivity contribution in [3.8, 4) is 0 Å². The number of hydrogen-bond acceptors (Lipinski definition) is 2. The smallest absolute Gasteiger partial charge is 0.270 e. The number of amides is 1. The topological polar surface area (TPSA) is 25.2 Å². The summed E-state index contributed by atoms with van der Waals surface area (Å²) in [6.45, 7) is 0.965. The van der Waals surface area contributed by atoms with E-state index in [1.807, 2.05) is 53.1 Å². The molecular weight excluding hydrogens is 439 g/mol. The van der Waals surface area contributed by atoms with Crippen LogP contribution in [0.25, 0.3) is 10.2 Å². The number of carbonyl (C=O) groups is 1. The van der Waals surface area contributed by atoms with E-state index < -0.39 is 0 Å². The molecule has 0 bridgehead atoms. The molecule has 0 atom stereocenters. The minimum Gasteiger partial charge on any atom is -0.336 e. The van der Waals surface area contributed by atoms with Gasteiger partial charge >= 0.3 is 0 Å². The number of hydrogen-bond donors (Lipinski definition) is 0. The largest absolute Gasteiger partial charge is 0.336 e. The van der Waals surface area contributed by atoms with Crippen molar-refractivity contribution in [2.24, 2.45) is 0 Å². The van der Waals surface area contributed by atoms with E-state index in [4.69, 9.17) is 0 Å². The van der Waals surface area contributed by atoms with Gasteiger partial charge < -0.3 is 9.47 Å². The SMILES string of the molecule is CN(Cc1ccccc1)C(=O)c1cc2sc(Br)cc2n1Cc1cccc(F)c1. The Bertz CT molecular complexity index is 1140. The molecule has 4 rings (SSSR count). The van der Waals surface area contributed by atoms with Crippen LogP contribution in [0, 0.1) is 5.82 Å². The summed E-state index contributed by atoms with van der Waals surface area (Å²) in [5.41, 5.74) is 3.47. The number of aromatic nitrogens is 1. The molecule has 0 unspecified atom stereocenters. The fourth-order valence-corrected chi connectivity index (χ4v) is 4.87. The summed E-state index contributed by atoms with van der Waals surface area (Å²) in [6, 6.07) is 20.3. The predicted molar refractivity (Wildman–Crippen MR) is 115 cm³/mol. The van der Waals surface area contributed by atoms with Gasteiger partial charge in [-0.3, -0.25) is 4.79 Å². The van der Waals surface area contributed by atoms with Crippen molar-refractivity contribution in [3.05, 3.63) is 93.2 Å². The van der Waals surface area contributed by atoms with E-state index in [1.165, 1.54) is 12.1 Å². The third kappa shape index (κ3) is 3.88. The van der Waals surface area contributed by atoms with Gasteiger partial charge in [0.2, 0.25) is 0 Å². The molecule has 2 aromatic carbocycles. The molecule has 1 amide bonds. The van der Waals surface area contributed by atoms with E-state index >= 15 is 0 Å². The maximum absolute atomic E-state index is 13.7. The zero-order chi connectivity index (χ0) is 19.7. The Balaban J connectivity index is 1.69. The molecule has 3 nitrogen and oxygen atoms in total. The lowest BCUT2D eigenvalue weighted by Crippen LogP contribution is -2.28. The average molecular weight is 457 g/mol. The van der Waals surface area contributed by atoms with Crippen LogP contribution >= 0.6 is 27.3 Å². The lowest BCUT2D eigenvalue weighted by Gasteiger charge is -2.19. The third-order valence-electron chi connectivity index (χ3n) is 4.62. The summed E-state index contributed by atoms with van der Waals surface area (Å²) in [7, 11) is 1.80. The summed E-state index contributed by atoms with van der Waals surface area (Å²) < 4.78 is 17.7. The molecule has 2 aromatic heterocycles. The van der Waals surface area contributed by atoms with Crippen LogP contribution in [0.15, 0.2) is 70.5 Å². The predicted octanol–water partition coefficient (Wildman–Crippen LogP) is 5.92. The van der Waals surface area contributed by atoms with Gasteiger partial charge in [0.25, 0.3) is 5.91 Å². The molecule has 0 saturated carbocycles. The van der Waals surface area contributed by atoms with Gasteiger partial charge in [0, 0.05) is 20.1 Å². The van der Waals surface area contributed by atoms with Crippen molar-refractivity contribution in [2.45, 2.75) is 13.1 Å². The second-order valence-corrected chi connectivity index (χ2v) is 9.16. The van der Waals surface area contributed by atoms with E-state index in [0.717, 1.165) is 25.1 Å². The molecule has 0 aliphatic carbocycles. The van der Waals surface area contributed by atoms with Crippen LogP contribution < -0.4 is 0 Å². The normalized spacial score (nSPS) is 11.1. The highest BCUT2D eigenvalue weighted by Gasteiger charge is 2.21. The standard InChI is InChI=1S/C22H18BrFN2OS/c1-25(13-15-6-3-2-4-7-15)22(27)19-11-20-18(12-21(23)28-20)26(19)14-16-8-5-9-17(24)10-16/h2-12H,13-14H2,1H3. The number of rotatable bonds is 5. The summed E-state index contributed by atoms with van der Waals surface area (Å²) in [5.74, 6) is -0.332. The Morgan fingerprint density at radius 3 is 2.57 bits per heavy atom. The fourth-order valence-electron chi connectivity index (χ4n) is 3.30. The number of halogens is 2. The van der Waals surface area contributed by atoms with Crippen LogP contribution in [0.1, 0.15) is 21.6 Å². The number of benzene rings is 2. The van der Waals surface area contributed by atoms with Crippen molar-refractivity contribution in [1.82, 2.24) is 9.47 Å². The molecule has 0 aliphatic rings. The van der Waals surface area contributed by atoms with Gasteiger partial charge in [-0.2, -0.15) is 0 Å². The van der Waals surface area contributed by atoms with Crippen LogP contribution in [0.2, 0.25) is 0 Å². The summed E-state index contributed by atoms with van der Waals surface area (Å²) in [4.78, 5) is 14.9. The second-order valence-electron chi connectivity index (χ2n) is 6.69. The molecule has 142 valence electrons. The Kier molecular flexibility index (Phi) is 5.33. The van der Waals surface area contributed by atoms with Gasteiger partial charge in [-0.05, 0) is 51.3 Å². The molecule has 2 heterocycles. The molecule has 0 spiro atoms. The first kappa shape index (κ1) is 18.9. The third-order valence-corrected chi connectivity index (χ3v) is 6.19. The molecule has 0 saturated heterocycles. The fraction of sp³-hybridized carbons (Fsp3) is 0.136. The van der Waals surface area contributed by atoms with Gasteiger partial charge in [0.05, 0.1) is 14.0 Å². The van der Waals surface area contributed by atoms with Crippen molar-refractivity contribution in [2.75, 3.05) is 7.05 Å². The highest BCUT2D eigenvalue weighted by molar-refractivity contribution is 9.11. The summed E-state index contributed by atoms with van der Waals surface area (Å²) in [6.07, 6.45) is 0. The van der Waals surface area contributed by atoms with Crippen molar-refractivity contribution in [1.29, 1.82) is 0 Å². The van der Waals surface area contributed by atoms with E-state index in [2.05, 4.69) is 15.9 Å². The van der Waals surface area contributed by atoms with Gasteiger partial charge in [0.1, 0.15) is 11.5 Å². The average Bonchev–Trinajstić information content (AvgIpc) is 3.19. The van der Waals surface area contributed by atoms with Crippen molar-refractivity contribution in [3.63, 3.8) is 0 Å². The molecular formula is C22H18BrFN2OS. The Hall–Kier alpha value is -2.44. The van der Waals surface area contributed by atoms with Crippen LogP contribution in [0.4, 0.5) is 4.39 Å². The molecule has 0 N–H and O–H groups in total. The number of thiophene rings is 1. The number of nitrogens with zero attached hydrogens (tertiary/aromatic N) is 2. The first-order chi connectivity index (χ1) is 13.5. The van der Waals surface area contributed by atoms with Gasteiger partial charge in [-0.25, -0.2) is 4.39 Å². The minimum absolute atomic E-state index is 0.0558. The quantitative estimate of drug-likeness (QED) is 0.365. The lowest BCUT2D eigenvalue weighted by atomic mass is 10.2. The van der Waals surface area contributed by atoms with E-state index in [0.29, 0.717) is 18.8 Å². The Labute approximate surface area is 175 Å². The maximum Gasteiger partial charge on any atom is 0.270 e. The Morgan fingerprint density at radius 2 is 1.82 bits per heavy atom. The van der Waals surface area contributed by atoms with Gasteiger partial charge in [0.15, 0.2) is 0 Å². The van der Waals surface area contributed by atoms with E-state index in [1.54, 1.807) is 29.4 Å². The second kappa shape index (κ2) is 7.89. The van der Waals surface area contributed by atoms with Crippen molar-refractivity contribution < 1.29 is 9.18 Å². The Morgan fingerprint density at radius 1 is 1.07 bits per heavy atom. The highest BCUT2D eigenvalue weighted by Crippen LogP contribution is 2.33. The molecule has 6 heteroatoms. The van der Waals surface area contributed by atoms with Crippen LogP contribution in [-0.2, 0) is 13.1 Å². The van der Waals surface area contributed by atoms with Gasteiger partial charge in [-0.15, -0.1) is 11.3 Å². The van der Waals surface area contributed by atoms with Crippen LogP contribution in [0.5, 0.6) is 0 Å². The zero-order valence-corrected chi connectivity index (χ0v) is 17.6. The van der Waals surface area contributed by atoms with Crippen LogP contribution in [0.3, 0.4) is 0 Å². The van der Waals surface area contributed by atoms with Crippen molar-refractivity contribution >= 4 is 43.4 Å². The zero-order valence-electron chi connectivity index (χ0n) is 15.2. The molecule has 4 aromatic rings. The monoisotopic (exact) mass is 456 g/mol. The first-order valence-electron chi connectivity index (χ1n) is 8.83. The summed E-state index contributed by atoms with van der Waals surface area (Å²) in [5, 5.41) is 0. The molecule has 0 fully saturated rings. The van der Waals surface area contributed by atoms with Gasteiger partial charge in [-0.1, -0.05) is 42.5 Å². The summed E-state index contributed by atoms with van der Waals surface area (Å²) >= 11 is 5.10. The highest BCUT2D eigenvalue weighted by atomic mass is 79.9. The minimum atomic E-state index is -0.276. The molecule has 0 aliphatic heterocycles. The van der Waals surface area contributed by atoms with Crippen LogP contribution in [-0.4, -0.2) is 22.4 Å². The molecule has 0 radical (unpaired) electrons. The maximum atomic E-state index is 13.7. The first-order valence-corrected chi connectivity index (χ1v) is 10.4.